The highest BCUT2D eigenvalue weighted by molar-refractivity contribution is 5.79. The molecule has 1 spiro atoms. The molecule has 9 heteroatoms. The summed E-state index contributed by atoms with van der Waals surface area (Å²) in [5.74, 6) is -1.54. The minimum atomic E-state index is -5.08. The standard InChI is InChI=1S/C19H28N2O2.C2HF3O2/c1-4-17-19(12-10-18(22)20(19)2)11-5-13-21(17)14-15-6-8-16(23-3)9-7-15;3-2(4,5)1(6)7/h6-9,17H,4-5,10-14H2,1-3H3;(H,6,7)/t17-,19-;/m0./s1. The largest absolute Gasteiger partial charge is 0.497 e. The van der Waals surface area contributed by atoms with Crippen LogP contribution in [0, 0.1) is 0 Å². The fourth-order valence-electron chi connectivity index (χ4n) is 4.63. The van der Waals surface area contributed by atoms with E-state index in [1.54, 1.807) is 7.11 Å². The highest BCUT2D eigenvalue weighted by Crippen LogP contribution is 2.42. The van der Waals surface area contributed by atoms with Crippen LogP contribution in [0.2, 0.25) is 0 Å². The summed E-state index contributed by atoms with van der Waals surface area (Å²) in [6.45, 7) is 4.33. The molecule has 0 aliphatic carbocycles. The second kappa shape index (κ2) is 9.68. The van der Waals surface area contributed by atoms with Gasteiger partial charge in [-0.25, -0.2) is 4.79 Å². The third-order valence-corrected chi connectivity index (χ3v) is 6.10. The van der Waals surface area contributed by atoms with Gasteiger partial charge in [0.1, 0.15) is 5.75 Å². The zero-order valence-electron chi connectivity index (χ0n) is 17.5. The van der Waals surface area contributed by atoms with E-state index in [0.29, 0.717) is 18.4 Å². The first-order valence-corrected chi connectivity index (χ1v) is 9.99. The lowest BCUT2D eigenvalue weighted by Gasteiger charge is -2.51. The minimum absolute atomic E-state index is 0.0521. The van der Waals surface area contributed by atoms with Crippen LogP contribution in [0.4, 0.5) is 13.2 Å². The number of rotatable bonds is 4. The highest BCUT2D eigenvalue weighted by atomic mass is 19.4. The van der Waals surface area contributed by atoms with Crippen molar-refractivity contribution in [2.24, 2.45) is 0 Å². The molecule has 1 aromatic rings. The van der Waals surface area contributed by atoms with Gasteiger partial charge >= 0.3 is 12.1 Å². The first-order chi connectivity index (χ1) is 14.0. The number of carboxylic acids is 1. The number of methoxy groups -OCH3 is 1. The normalized spacial score (nSPS) is 24.5. The fourth-order valence-corrected chi connectivity index (χ4v) is 4.63. The van der Waals surface area contributed by atoms with Crippen molar-refractivity contribution >= 4 is 11.9 Å². The maximum absolute atomic E-state index is 12.1. The molecule has 0 saturated carbocycles. The van der Waals surface area contributed by atoms with E-state index in [-0.39, 0.29) is 5.54 Å². The van der Waals surface area contributed by atoms with Crippen molar-refractivity contribution in [3.63, 3.8) is 0 Å². The second-order valence-electron chi connectivity index (χ2n) is 7.71. The lowest BCUT2D eigenvalue weighted by atomic mass is 9.77. The average molecular weight is 430 g/mol. The Morgan fingerprint density at radius 1 is 1.27 bits per heavy atom. The topological polar surface area (TPSA) is 70.1 Å². The summed E-state index contributed by atoms with van der Waals surface area (Å²) >= 11 is 0. The van der Waals surface area contributed by atoms with Crippen molar-refractivity contribution in [3.05, 3.63) is 29.8 Å². The van der Waals surface area contributed by atoms with Gasteiger partial charge in [-0.15, -0.1) is 0 Å². The number of ether oxygens (including phenoxy) is 1. The van der Waals surface area contributed by atoms with Gasteiger partial charge in [-0.3, -0.25) is 9.69 Å². The molecule has 2 atom stereocenters. The summed E-state index contributed by atoms with van der Waals surface area (Å²) in [6.07, 6.45) is 0.0498. The Balaban J connectivity index is 0.000000396. The predicted molar refractivity (Wildman–Crippen MR) is 105 cm³/mol. The van der Waals surface area contributed by atoms with Gasteiger partial charge in [0.05, 0.1) is 12.6 Å². The molecule has 1 amide bonds. The molecule has 168 valence electrons. The Bertz CT molecular complexity index is 739. The molecular weight excluding hydrogens is 401 g/mol. The summed E-state index contributed by atoms with van der Waals surface area (Å²) in [7, 11) is 3.71. The van der Waals surface area contributed by atoms with Crippen LogP contribution in [0.1, 0.15) is 44.6 Å². The third kappa shape index (κ3) is 5.24. The van der Waals surface area contributed by atoms with Crippen LogP contribution < -0.4 is 4.74 Å². The number of hydrogen-bond donors (Lipinski definition) is 1. The van der Waals surface area contributed by atoms with E-state index < -0.39 is 12.1 Å². The zero-order chi connectivity index (χ0) is 22.5. The van der Waals surface area contributed by atoms with E-state index in [4.69, 9.17) is 14.6 Å². The van der Waals surface area contributed by atoms with Crippen LogP contribution in [0.3, 0.4) is 0 Å². The Morgan fingerprint density at radius 2 is 1.87 bits per heavy atom. The summed E-state index contributed by atoms with van der Waals surface area (Å²) in [5.41, 5.74) is 1.37. The van der Waals surface area contributed by atoms with E-state index in [1.165, 1.54) is 12.0 Å². The van der Waals surface area contributed by atoms with Gasteiger partial charge in [-0.2, -0.15) is 13.2 Å². The number of likely N-dealkylation sites (N-methyl/N-ethyl adjacent to an activating group) is 1. The quantitative estimate of drug-likeness (QED) is 0.789. The number of benzene rings is 1. The molecule has 2 aliphatic rings. The molecule has 1 aromatic carbocycles. The number of halogens is 3. The molecule has 0 aromatic heterocycles. The summed E-state index contributed by atoms with van der Waals surface area (Å²) in [4.78, 5) is 25.7. The first-order valence-electron chi connectivity index (χ1n) is 9.99. The number of carbonyl (C=O) groups excluding carboxylic acids is 1. The fraction of sp³-hybridized carbons (Fsp3) is 0.619. The van der Waals surface area contributed by atoms with Crippen molar-refractivity contribution in [1.82, 2.24) is 9.80 Å². The molecule has 2 aliphatic heterocycles. The smallest absolute Gasteiger partial charge is 0.490 e. The highest BCUT2D eigenvalue weighted by Gasteiger charge is 2.51. The number of carboxylic acid groups (broad SMARTS) is 1. The van der Waals surface area contributed by atoms with Crippen LogP contribution in [-0.2, 0) is 16.1 Å². The SMILES string of the molecule is CC[C@@H]1N(Cc2ccc(OC)cc2)CCC[C@]12CCC(=O)N2C.O=C(O)C(F)(F)F. The monoisotopic (exact) mass is 430 g/mol. The van der Waals surface area contributed by atoms with E-state index in [9.17, 15) is 18.0 Å². The molecule has 6 nitrogen and oxygen atoms in total. The number of nitrogens with zero attached hydrogens (tertiary/aromatic N) is 2. The molecule has 1 N–H and O–H groups in total. The van der Waals surface area contributed by atoms with Gasteiger partial charge in [0.2, 0.25) is 5.91 Å². The zero-order valence-corrected chi connectivity index (χ0v) is 17.5. The maximum Gasteiger partial charge on any atom is 0.490 e. The van der Waals surface area contributed by atoms with Gasteiger partial charge in [0.15, 0.2) is 0 Å². The van der Waals surface area contributed by atoms with E-state index in [2.05, 4.69) is 28.9 Å². The van der Waals surface area contributed by atoms with Gasteiger partial charge in [-0.1, -0.05) is 19.1 Å². The summed E-state index contributed by atoms with van der Waals surface area (Å²) in [5, 5.41) is 7.12. The maximum atomic E-state index is 12.1. The predicted octanol–water partition coefficient (Wildman–Crippen LogP) is 3.69. The molecule has 3 rings (SSSR count). The van der Waals surface area contributed by atoms with Crippen LogP contribution in [0.15, 0.2) is 24.3 Å². The number of likely N-dealkylation sites (tertiary alicyclic amines) is 2. The number of carbonyl (C=O) groups is 2. The summed E-state index contributed by atoms with van der Waals surface area (Å²) in [6, 6.07) is 8.81. The van der Waals surface area contributed by atoms with Crippen molar-refractivity contribution in [2.75, 3.05) is 20.7 Å². The van der Waals surface area contributed by atoms with Crippen molar-refractivity contribution in [1.29, 1.82) is 0 Å². The average Bonchev–Trinajstić information content (AvgIpc) is 2.98. The van der Waals surface area contributed by atoms with Crippen LogP contribution in [-0.4, -0.2) is 65.2 Å². The van der Waals surface area contributed by atoms with Crippen LogP contribution >= 0.6 is 0 Å². The van der Waals surface area contributed by atoms with Gasteiger partial charge in [-0.05, 0) is 49.9 Å². The molecule has 2 fully saturated rings. The minimum Gasteiger partial charge on any atom is -0.497 e. The van der Waals surface area contributed by atoms with Crippen molar-refractivity contribution in [3.8, 4) is 5.75 Å². The molecular formula is C21H29F3N2O4. The van der Waals surface area contributed by atoms with Gasteiger partial charge in [0.25, 0.3) is 0 Å². The molecule has 30 heavy (non-hydrogen) atoms. The molecule has 2 saturated heterocycles. The van der Waals surface area contributed by atoms with Crippen molar-refractivity contribution in [2.45, 2.75) is 63.3 Å². The summed E-state index contributed by atoms with van der Waals surface area (Å²) < 4.78 is 37.0. The van der Waals surface area contributed by atoms with Crippen molar-refractivity contribution < 1.29 is 32.6 Å². The van der Waals surface area contributed by atoms with Gasteiger partial charge in [0, 0.05) is 26.1 Å². The number of alkyl halides is 3. The first kappa shape index (κ1) is 24.0. The Kier molecular flexibility index (Phi) is 7.74. The van der Waals surface area contributed by atoms with E-state index >= 15 is 0 Å². The molecule has 0 unspecified atom stereocenters. The number of amides is 1. The Hall–Kier alpha value is -2.29. The molecule has 2 heterocycles. The van der Waals surface area contributed by atoms with E-state index in [0.717, 1.165) is 38.1 Å². The van der Waals surface area contributed by atoms with Crippen LogP contribution in [0.5, 0.6) is 5.75 Å². The lowest BCUT2D eigenvalue weighted by molar-refractivity contribution is -0.192. The second-order valence-corrected chi connectivity index (χ2v) is 7.71. The number of hydrogen-bond acceptors (Lipinski definition) is 4. The Morgan fingerprint density at radius 3 is 2.30 bits per heavy atom. The number of piperidine rings is 1. The lowest BCUT2D eigenvalue weighted by Crippen LogP contribution is -2.61. The van der Waals surface area contributed by atoms with Gasteiger partial charge < -0.3 is 14.7 Å². The molecule has 0 bridgehead atoms. The van der Waals surface area contributed by atoms with Crippen LogP contribution in [0.25, 0.3) is 0 Å². The van der Waals surface area contributed by atoms with E-state index in [1.807, 2.05) is 19.2 Å². The Labute approximate surface area is 174 Å². The third-order valence-electron chi connectivity index (χ3n) is 6.10. The molecule has 0 radical (unpaired) electrons. The number of aliphatic carboxylic acids is 1.